The molecule has 1 N–H and O–H groups in total. The van der Waals surface area contributed by atoms with Crippen LogP contribution in [-0.4, -0.2) is 17.0 Å². The molecule has 1 aromatic rings. The second kappa shape index (κ2) is 5.58. The molecule has 1 aliphatic heterocycles. The molecule has 19 heavy (non-hydrogen) atoms. The maximum absolute atomic E-state index is 4.99. The van der Waals surface area contributed by atoms with Crippen LogP contribution in [0.3, 0.4) is 0 Å². The Morgan fingerprint density at radius 1 is 1.26 bits per heavy atom. The lowest BCUT2D eigenvalue weighted by Gasteiger charge is -2.30. The van der Waals surface area contributed by atoms with Crippen molar-refractivity contribution < 1.29 is 0 Å². The molecular formula is C16H22N2S. The summed E-state index contributed by atoms with van der Waals surface area (Å²) in [6.45, 7) is 4.56. The highest BCUT2D eigenvalue weighted by Gasteiger charge is 2.24. The van der Waals surface area contributed by atoms with Crippen LogP contribution in [0.25, 0.3) is 0 Å². The van der Waals surface area contributed by atoms with Gasteiger partial charge in [-0.05, 0) is 43.2 Å². The van der Waals surface area contributed by atoms with Crippen LogP contribution in [0.5, 0.6) is 0 Å². The third-order valence-corrected chi connectivity index (χ3v) is 5.49. The number of rotatable bonds is 1. The summed E-state index contributed by atoms with van der Waals surface area (Å²) in [5.74, 6) is 1.91. The molecule has 1 heterocycles. The summed E-state index contributed by atoms with van der Waals surface area (Å²) >= 11 is 1.88. The van der Waals surface area contributed by atoms with Crippen molar-refractivity contribution in [1.82, 2.24) is 5.32 Å². The topological polar surface area (TPSA) is 24.4 Å². The second-order valence-corrected chi connectivity index (χ2v) is 6.77. The lowest BCUT2D eigenvalue weighted by Crippen LogP contribution is -2.41. The quantitative estimate of drug-likeness (QED) is 0.843. The first-order valence-electron chi connectivity index (χ1n) is 7.29. The van der Waals surface area contributed by atoms with Crippen molar-refractivity contribution in [2.24, 2.45) is 10.9 Å². The zero-order chi connectivity index (χ0) is 13.2. The van der Waals surface area contributed by atoms with E-state index in [0.717, 1.165) is 11.1 Å². The number of hydrogen-bond donors (Lipinski definition) is 1. The van der Waals surface area contributed by atoms with Crippen LogP contribution in [0.1, 0.15) is 43.9 Å². The lowest BCUT2D eigenvalue weighted by molar-refractivity contribution is 0.486. The highest BCUT2D eigenvalue weighted by molar-refractivity contribution is 8.13. The molecule has 2 aliphatic rings. The molecule has 0 bridgehead atoms. The number of fused-ring (bicyclic) bond motifs is 1. The van der Waals surface area contributed by atoms with E-state index < -0.39 is 0 Å². The fraction of sp³-hybridized carbons (Fsp3) is 0.562. The third-order valence-electron chi connectivity index (χ3n) is 4.30. The largest absolute Gasteiger partial charge is 0.362 e. The smallest absolute Gasteiger partial charge is 0.157 e. The van der Waals surface area contributed by atoms with Crippen LogP contribution in [0.4, 0.5) is 0 Å². The van der Waals surface area contributed by atoms with Crippen LogP contribution in [0.2, 0.25) is 0 Å². The number of aliphatic imine (C=N–C) groups is 1. The van der Waals surface area contributed by atoms with Gasteiger partial charge in [-0.25, -0.2) is 0 Å². The van der Waals surface area contributed by atoms with E-state index in [2.05, 4.69) is 43.4 Å². The predicted octanol–water partition coefficient (Wildman–Crippen LogP) is 3.78. The number of amidine groups is 1. The van der Waals surface area contributed by atoms with Gasteiger partial charge in [-0.1, -0.05) is 43.0 Å². The number of nitrogens with zero attached hydrogens (tertiary/aromatic N) is 1. The standard InChI is InChI=1S/C16H22N2S/c1-11-10-19-16(17-12(11)2)18-15-9-5-7-13-6-3-4-8-14(13)15/h3-4,6,8,11-12,15H,5,7,9-10H2,1-2H3,(H,17,18). The van der Waals surface area contributed by atoms with Crippen molar-refractivity contribution in [3.8, 4) is 0 Å². The van der Waals surface area contributed by atoms with Gasteiger partial charge in [0.25, 0.3) is 0 Å². The van der Waals surface area contributed by atoms with Gasteiger partial charge in [0.15, 0.2) is 5.17 Å². The highest BCUT2D eigenvalue weighted by Crippen LogP contribution is 2.33. The molecule has 2 nitrogen and oxygen atoms in total. The highest BCUT2D eigenvalue weighted by atomic mass is 32.2. The van der Waals surface area contributed by atoms with E-state index >= 15 is 0 Å². The first kappa shape index (κ1) is 13.0. The molecule has 1 saturated heterocycles. The Labute approximate surface area is 120 Å². The van der Waals surface area contributed by atoms with Crippen LogP contribution in [0, 0.1) is 5.92 Å². The molecule has 1 aliphatic carbocycles. The first-order valence-corrected chi connectivity index (χ1v) is 8.27. The van der Waals surface area contributed by atoms with Crippen LogP contribution in [0.15, 0.2) is 29.3 Å². The van der Waals surface area contributed by atoms with Gasteiger partial charge in [-0.2, -0.15) is 0 Å². The normalized spacial score (nSPS) is 32.7. The molecule has 0 amide bonds. The van der Waals surface area contributed by atoms with Crippen molar-refractivity contribution in [1.29, 1.82) is 0 Å². The molecule has 3 unspecified atom stereocenters. The number of aryl methyl sites for hydroxylation is 1. The average molecular weight is 274 g/mol. The Bertz CT molecular complexity index is 483. The summed E-state index contributed by atoms with van der Waals surface area (Å²) in [5.41, 5.74) is 2.93. The van der Waals surface area contributed by atoms with Crippen LogP contribution < -0.4 is 5.32 Å². The molecule has 102 valence electrons. The fourth-order valence-electron chi connectivity index (χ4n) is 2.81. The second-order valence-electron chi connectivity index (χ2n) is 5.76. The van der Waals surface area contributed by atoms with E-state index in [9.17, 15) is 0 Å². The Morgan fingerprint density at radius 2 is 2.11 bits per heavy atom. The minimum Gasteiger partial charge on any atom is -0.362 e. The molecule has 3 atom stereocenters. The van der Waals surface area contributed by atoms with Gasteiger partial charge < -0.3 is 5.32 Å². The van der Waals surface area contributed by atoms with Crippen molar-refractivity contribution in [2.75, 3.05) is 5.75 Å². The molecule has 3 heteroatoms. The first-order chi connectivity index (χ1) is 9.24. The summed E-state index contributed by atoms with van der Waals surface area (Å²) in [5, 5.41) is 4.70. The summed E-state index contributed by atoms with van der Waals surface area (Å²) in [6, 6.07) is 9.70. The van der Waals surface area contributed by atoms with Crippen LogP contribution >= 0.6 is 11.8 Å². The molecule has 0 spiro atoms. The van der Waals surface area contributed by atoms with Crippen molar-refractivity contribution in [2.45, 2.75) is 45.2 Å². The Hall–Kier alpha value is -0.960. The van der Waals surface area contributed by atoms with E-state index in [1.54, 1.807) is 0 Å². The number of thioether (sulfide) groups is 1. The summed E-state index contributed by atoms with van der Waals surface area (Å²) in [7, 11) is 0. The Kier molecular flexibility index (Phi) is 3.83. The van der Waals surface area contributed by atoms with E-state index in [4.69, 9.17) is 4.99 Å². The van der Waals surface area contributed by atoms with Gasteiger partial charge in [-0.3, -0.25) is 4.99 Å². The number of hydrogen-bond acceptors (Lipinski definition) is 2. The Balaban J connectivity index is 1.81. The van der Waals surface area contributed by atoms with Gasteiger partial charge in [0.05, 0.1) is 6.04 Å². The molecule has 0 aromatic heterocycles. The SMILES string of the molecule is CC1CSC(=NC2CCCc3ccccc32)NC1C. The summed E-state index contributed by atoms with van der Waals surface area (Å²) in [6.07, 6.45) is 3.66. The number of nitrogens with one attached hydrogen (secondary N) is 1. The van der Waals surface area contributed by atoms with E-state index in [-0.39, 0.29) is 0 Å². The summed E-state index contributed by atoms with van der Waals surface area (Å²) in [4.78, 5) is 4.99. The third kappa shape index (κ3) is 2.81. The van der Waals surface area contributed by atoms with E-state index in [0.29, 0.717) is 12.1 Å². The summed E-state index contributed by atoms with van der Waals surface area (Å²) < 4.78 is 0. The van der Waals surface area contributed by atoms with Crippen molar-refractivity contribution >= 4 is 16.9 Å². The van der Waals surface area contributed by atoms with Gasteiger partial charge >= 0.3 is 0 Å². The maximum atomic E-state index is 4.99. The van der Waals surface area contributed by atoms with E-state index in [1.807, 2.05) is 11.8 Å². The molecule has 1 aromatic carbocycles. The van der Waals surface area contributed by atoms with Gasteiger partial charge in [0.1, 0.15) is 0 Å². The minimum atomic E-state index is 0.362. The predicted molar refractivity (Wildman–Crippen MR) is 83.8 cm³/mol. The van der Waals surface area contributed by atoms with Crippen molar-refractivity contribution in [3.05, 3.63) is 35.4 Å². The van der Waals surface area contributed by atoms with Gasteiger partial charge in [0, 0.05) is 11.8 Å². The zero-order valence-electron chi connectivity index (χ0n) is 11.7. The van der Waals surface area contributed by atoms with E-state index in [1.165, 1.54) is 36.1 Å². The maximum Gasteiger partial charge on any atom is 0.157 e. The zero-order valence-corrected chi connectivity index (χ0v) is 12.5. The molecule has 0 saturated carbocycles. The fourth-order valence-corrected chi connectivity index (χ4v) is 3.99. The average Bonchev–Trinajstić information content (AvgIpc) is 2.43. The molecule has 3 rings (SSSR count). The van der Waals surface area contributed by atoms with Crippen molar-refractivity contribution in [3.63, 3.8) is 0 Å². The molecule has 1 fully saturated rings. The van der Waals surface area contributed by atoms with Crippen LogP contribution in [-0.2, 0) is 6.42 Å². The molecular weight excluding hydrogens is 252 g/mol. The minimum absolute atomic E-state index is 0.362. The number of benzene rings is 1. The Morgan fingerprint density at radius 3 is 2.95 bits per heavy atom. The van der Waals surface area contributed by atoms with Gasteiger partial charge in [0.2, 0.25) is 0 Å². The molecule has 0 radical (unpaired) electrons. The van der Waals surface area contributed by atoms with Gasteiger partial charge in [-0.15, -0.1) is 0 Å². The monoisotopic (exact) mass is 274 g/mol. The lowest BCUT2D eigenvalue weighted by atomic mass is 9.88.